The molecule has 1 aliphatic heterocycles. The summed E-state index contributed by atoms with van der Waals surface area (Å²) in [6, 6.07) is 0. The van der Waals surface area contributed by atoms with Crippen LogP contribution in [0.5, 0.6) is 0 Å². The van der Waals surface area contributed by atoms with Crippen LogP contribution in [0.4, 0.5) is 4.79 Å². The summed E-state index contributed by atoms with van der Waals surface area (Å²) in [6.45, 7) is -0.0440. The Balaban J connectivity index is 2.74. The molecule has 0 aromatic rings. The summed E-state index contributed by atoms with van der Waals surface area (Å²) in [7, 11) is 0. The highest BCUT2D eigenvalue weighted by Gasteiger charge is 2.21. The molecule has 13 heavy (non-hydrogen) atoms. The van der Waals surface area contributed by atoms with E-state index in [4.69, 9.17) is 10.2 Å². The van der Waals surface area contributed by atoms with Crippen LogP contribution in [0.25, 0.3) is 0 Å². The van der Waals surface area contributed by atoms with Crippen molar-refractivity contribution >= 4 is 12.1 Å². The quantitative estimate of drug-likeness (QED) is 0.628. The fraction of sp³-hybridized carbons (Fsp3) is 0.250. The van der Waals surface area contributed by atoms with Crippen LogP contribution in [0.3, 0.4) is 0 Å². The molecule has 0 aromatic carbocycles. The summed E-state index contributed by atoms with van der Waals surface area (Å²) in [5.74, 6) is -1.79. The van der Waals surface area contributed by atoms with Gasteiger partial charge >= 0.3 is 12.1 Å². The number of nitrogens with zero attached hydrogens (tertiary/aromatic N) is 1. The molecule has 2 N–H and O–H groups in total. The Bertz CT molecular complexity index is 254. The van der Waals surface area contributed by atoms with E-state index in [2.05, 4.69) is 0 Å². The molecule has 70 valence electrons. The summed E-state index contributed by atoms with van der Waals surface area (Å²) in [6.07, 6.45) is 4.67. The second kappa shape index (κ2) is 3.75. The van der Waals surface area contributed by atoms with E-state index < -0.39 is 18.0 Å². The Morgan fingerprint density at radius 1 is 1.31 bits per heavy atom. The first kappa shape index (κ1) is 9.31. The van der Waals surface area contributed by atoms with Gasteiger partial charge in [-0.25, -0.2) is 4.79 Å². The van der Waals surface area contributed by atoms with Gasteiger partial charge in [0, 0.05) is 12.7 Å². The highest BCUT2D eigenvalue weighted by Crippen LogP contribution is 2.08. The first-order chi connectivity index (χ1) is 6.11. The van der Waals surface area contributed by atoms with E-state index in [1.165, 1.54) is 24.4 Å². The van der Waals surface area contributed by atoms with Gasteiger partial charge in [-0.1, -0.05) is 12.2 Å². The lowest BCUT2D eigenvalue weighted by atomic mass is 10.1. The van der Waals surface area contributed by atoms with Crippen LogP contribution < -0.4 is 0 Å². The van der Waals surface area contributed by atoms with Crippen LogP contribution in [0.15, 0.2) is 24.4 Å². The summed E-state index contributed by atoms with van der Waals surface area (Å²) in [5.41, 5.74) is 0. The molecular formula is C8H9NO4. The lowest BCUT2D eigenvalue weighted by molar-refractivity contribution is -0.140. The fourth-order valence-electron chi connectivity index (χ4n) is 0.988. The monoisotopic (exact) mass is 183 g/mol. The van der Waals surface area contributed by atoms with Crippen molar-refractivity contribution in [3.05, 3.63) is 24.4 Å². The molecule has 0 radical (unpaired) electrons. The summed E-state index contributed by atoms with van der Waals surface area (Å²) in [4.78, 5) is 22.0. The van der Waals surface area contributed by atoms with Crippen molar-refractivity contribution in [1.82, 2.24) is 4.90 Å². The number of aliphatic carboxylic acids is 1. The Morgan fingerprint density at radius 2 is 2.00 bits per heavy atom. The van der Waals surface area contributed by atoms with E-state index in [1.807, 2.05) is 0 Å². The molecule has 1 amide bonds. The number of hydrogen-bond acceptors (Lipinski definition) is 2. The van der Waals surface area contributed by atoms with Crippen LogP contribution in [0.1, 0.15) is 0 Å². The Kier molecular flexibility index (Phi) is 2.69. The van der Waals surface area contributed by atoms with Gasteiger partial charge in [0.25, 0.3) is 0 Å². The summed E-state index contributed by atoms with van der Waals surface area (Å²) < 4.78 is 0. The third-order valence-electron chi connectivity index (χ3n) is 1.68. The molecule has 5 heteroatoms. The molecule has 1 unspecified atom stereocenters. The topological polar surface area (TPSA) is 77.8 Å². The highest BCUT2D eigenvalue weighted by atomic mass is 16.4. The second-order valence-corrected chi connectivity index (χ2v) is 2.61. The molecule has 0 spiro atoms. The molecule has 5 nitrogen and oxygen atoms in total. The second-order valence-electron chi connectivity index (χ2n) is 2.61. The largest absolute Gasteiger partial charge is 0.481 e. The van der Waals surface area contributed by atoms with E-state index in [1.54, 1.807) is 0 Å². The van der Waals surface area contributed by atoms with Crippen molar-refractivity contribution in [1.29, 1.82) is 0 Å². The van der Waals surface area contributed by atoms with Crippen LogP contribution in [-0.4, -0.2) is 33.7 Å². The molecule has 1 rings (SSSR count). The van der Waals surface area contributed by atoms with Gasteiger partial charge in [0.1, 0.15) is 0 Å². The SMILES string of the molecule is O=C(O)C1C=CC=CN(C(=O)O)C1. The zero-order chi connectivity index (χ0) is 9.84. The van der Waals surface area contributed by atoms with Gasteiger partial charge in [0.05, 0.1) is 5.92 Å². The van der Waals surface area contributed by atoms with E-state index in [0.717, 1.165) is 4.90 Å². The minimum atomic E-state index is -1.15. The number of allylic oxidation sites excluding steroid dienone is 2. The molecule has 0 bridgehead atoms. The number of carboxylic acid groups (broad SMARTS) is 2. The molecule has 0 fully saturated rings. The Morgan fingerprint density at radius 3 is 2.54 bits per heavy atom. The Hall–Kier alpha value is -1.78. The Labute approximate surface area is 74.6 Å². The molecule has 0 aliphatic carbocycles. The predicted molar refractivity (Wildman–Crippen MR) is 44.1 cm³/mol. The summed E-state index contributed by atoms with van der Waals surface area (Å²) >= 11 is 0. The van der Waals surface area contributed by atoms with Gasteiger partial charge in [-0.15, -0.1) is 0 Å². The molecule has 1 aliphatic rings. The highest BCUT2D eigenvalue weighted by molar-refractivity contribution is 5.74. The summed E-state index contributed by atoms with van der Waals surface area (Å²) in [5, 5.41) is 17.3. The molecule has 1 heterocycles. The maximum Gasteiger partial charge on any atom is 0.411 e. The molecular weight excluding hydrogens is 174 g/mol. The maximum absolute atomic E-state index is 10.6. The number of rotatable bonds is 1. The van der Waals surface area contributed by atoms with Gasteiger partial charge in [0.2, 0.25) is 0 Å². The molecule has 0 saturated heterocycles. The first-order valence-electron chi connectivity index (χ1n) is 3.68. The fourth-order valence-corrected chi connectivity index (χ4v) is 0.988. The van der Waals surface area contributed by atoms with Crippen LogP contribution in [-0.2, 0) is 4.79 Å². The van der Waals surface area contributed by atoms with Gasteiger partial charge in [0.15, 0.2) is 0 Å². The van der Waals surface area contributed by atoms with Crippen LogP contribution >= 0.6 is 0 Å². The average Bonchev–Trinajstić information content (AvgIpc) is 2.28. The average molecular weight is 183 g/mol. The van der Waals surface area contributed by atoms with Crippen molar-refractivity contribution in [2.24, 2.45) is 5.92 Å². The van der Waals surface area contributed by atoms with Crippen molar-refractivity contribution in [3.63, 3.8) is 0 Å². The van der Waals surface area contributed by atoms with Gasteiger partial charge < -0.3 is 10.2 Å². The van der Waals surface area contributed by atoms with Gasteiger partial charge in [-0.2, -0.15) is 0 Å². The number of carbonyl (C=O) groups is 2. The van der Waals surface area contributed by atoms with Crippen molar-refractivity contribution in [2.45, 2.75) is 0 Å². The van der Waals surface area contributed by atoms with Gasteiger partial charge in [-0.05, 0) is 6.08 Å². The van der Waals surface area contributed by atoms with Crippen molar-refractivity contribution < 1.29 is 19.8 Å². The number of amides is 1. The third-order valence-corrected chi connectivity index (χ3v) is 1.68. The van der Waals surface area contributed by atoms with Crippen LogP contribution in [0, 0.1) is 5.92 Å². The standard InChI is InChI=1S/C8H9NO4/c10-7(11)6-3-1-2-4-9(5-6)8(12)13/h1-4,6H,5H2,(H,10,11)(H,12,13). The number of carboxylic acids is 1. The van der Waals surface area contributed by atoms with Crippen molar-refractivity contribution in [2.75, 3.05) is 6.54 Å². The van der Waals surface area contributed by atoms with Gasteiger partial charge in [-0.3, -0.25) is 9.69 Å². The predicted octanol–water partition coefficient (Wildman–Crippen LogP) is 0.751. The van der Waals surface area contributed by atoms with E-state index >= 15 is 0 Å². The van der Waals surface area contributed by atoms with E-state index in [9.17, 15) is 9.59 Å². The number of hydrogen-bond donors (Lipinski definition) is 2. The van der Waals surface area contributed by atoms with E-state index in [0.29, 0.717) is 0 Å². The molecule has 0 saturated carbocycles. The smallest absolute Gasteiger partial charge is 0.411 e. The zero-order valence-corrected chi connectivity index (χ0v) is 6.75. The minimum Gasteiger partial charge on any atom is -0.481 e. The maximum atomic E-state index is 10.6. The third kappa shape index (κ3) is 2.33. The molecule has 0 aromatic heterocycles. The normalized spacial score (nSPS) is 21.2. The van der Waals surface area contributed by atoms with Crippen LogP contribution in [0.2, 0.25) is 0 Å². The molecule has 1 atom stereocenters. The lowest BCUT2D eigenvalue weighted by Crippen LogP contribution is -2.31. The minimum absolute atomic E-state index is 0.0440. The lowest BCUT2D eigenvalue weighted by Gasteiger charge is -2.15. The van der Waals surface area contributed by atoms with Crippen molar-refractivity contribution in [3.8, 4) is 0 Å². The zero-order valence-electron chi connectivity index (χ0n) is 6.75. The first-order valence-corrected chi connectivity index (χ1v) is 3.68. The van der Waals surface area contributed by atoms with E-state index in [-0.39, 0.29) is 6.54 Å².